The molecule has 0 aromatic rings. The fraction of sp³-hybridized carbons (Fsp3) is 0.727. The summed E-state index contributed by atoms with van der Waals surface area (Å²) in [5, 5.41) is 11.4. The van der Waals surface area contributed by atoms with E-state index in [0.29, 0.717) is 11.1 Å². The van der Waals surface area contributed by atoms with E-state index in [1.54, 1.807) is 14.0 Å². The number of amides is 4. The lowest BCUT2D eigenvalue weighted by Crippen LogP contribution is -2.57. The van der Waals surface area contributed by atoms with Gasteiger partial charge in [0, 0.05) is 17.3 Å². The van der Waals surface area contributed by atoms with Gasteiger partial charge in [0.15, 0.2) is 6.40 Å². The molecule has 1 rings (SSSR count). The summed E-state index contributed by atoms with van der Waals surface area (Å²) in [4.78, 5) is 24.3. The van der Waals surface area contributed by atoms with Gasteiger partial charge >= 0.3 is 12.1 Å². The summed E-state index contributed by atoms with van der Waals surface area (Å²) >= 11 is 5.89. The highest BCUT2D eigenvalue weighted by atomic mass is 35.5. The van der Waals surface area contributed by atoms with Gasteiger partial charge < -0.3 is 10.1 Å². The van der Waals surface area contributed by atoms with Crippen LogP contribution in [0.5, 0.6) is 0 Å². The first-order valence-corrected chi connectivity index (χ1v) is 6.78. The van der Waals surface area contributed by atoms with Gasteiger partial charge in [0.1, 0.15) is 0 Å². The van der Waals surface area contributed by atoms with E-state index in [1.807, 2.05) is 20.8 Å². The second-order valence-corrected chi connectivity index (χ2v) is 5.57. The van der Waals surface area contributed by atoms with Gasteiger partial charge in [0.05, 0.1) is 6.61 Å². The van der Waals surface area contributed by atoms with E-state index in [9.17, 15) is 9.59 Å². The van der Waals surface area contributed by atoms with Crippen molar-refractivity contribution in [2.75, 3.05) is 13.7 Å². The molecule has 0 bridgehead atoms. The van der Waals surface area contributed by atoms with E-state index in [0.717, 1.165) is 16.4 Å². The zero-order valence-corrected chi connectivity index (χ0v) is 13.5. The largest absolute Gasteiger partial charge is 0.482 e. The van der Waals surface area contributed by atoms with Crippen molar-refractivity contribution >= 4 is 30.2 Å². The number of carbonyl (C=O) groups excluding carboxylic acids is 2. The van der Waals surface area contributed by atoms with Crippen molar-refractivity contribution in [3.05, 3.63) is 0 Å². The number of nitrogens with zero attached hydrogens (tertiary/aromatic N) is 4. The van der Waals surface area contributed by atoms with Crippen LogP contribution in [-0.2, 0) is 4.74 Å². The van der Waals surface area contributed by atoms with E-state index in [4.69, 9.17) is 16.5 Å². The van der Waals surface area contributed by atoms with Crippen molar-refractivity contribution in [2.24, 2.45) is 5.10 Å². The van der Waals surface area contributed by atoms with Crippen LogP contribution in [0.1, 0.15) is 27.7 Å². The molecule has 10 heteroatoms. The fourth-order valence-corrected chi connectivity index (χ4v) is 1.79. The number of nitrogens with one attached hydrogen (secondary N) is 2. The topological polar surface area (TPSA) is 89.5 Å². The number of hydrogen-bond donors (Lipinski definition) is 2. The number of halogens is 1. The fourth-order valence-electron chi connectivity index (χ4n) is 1.57. The molecule has 9 nitrogen and oxygen atoms in total. The molecule has 0 aromatic carbocycles. The Balaban J connectivity index is 2.94. The van der Waals surface area contributed by atoms with Crippen molar-refractivity contribution in [2.45, 2.75) is 39.5 Å². The molecule has 0 saturated carbocycles. The molecule has 1 saturated heterocycles. The van der Waals surface area contributed by atoms with Gasteiger partial charge in [-0.1, -0.05) is 0 Å². The highest BCUT2D eigenvalue weighted by molar-refractivity contribution is 6.22. The van der Waals surface area contributed by atoms with Crippen LogP contribution in [0.25, 0.3) is 0 Å². The standard InChI is InChI=1S/C11H21ClN6O3/c1-6-21-7-14-16-8(13-5)17(18(12)10(16)20)9(19)15-11(2,3)4/h7-8,13H,6H2,1-5H3,(H,15,19). The van der Waals surface area contributed by atoms with Crippen molar-refractivity contribution in [3.63, 3.8) is 0 Å². The summed E-state index contributed by atoms with van der Waals surface area (Å²) in [5.74, 6) is 0. The average molecular weight is 321 g/mol. The molecule has 1 unspecified atom stereocenters. The van der Waals surface area contributed by atoms with E-state index in [-0.39, 0.29) is 0 Å². The number of hydrogen-bond acceptors (Lipinski definition) is 5. The summed E-state index contributed by atoms with van der Waals surface area (Å²) in [5.41, 5.74) is -0.474. The van der Waals surface area contributed by atoms with Gasteiger partial charge in [-0.15, -0.1) is 9.63 Å². The number of carbonyl (C=O) groups is 2. The number of urea groups is 2. The Morgan fingerprint density at radius 2 is 2.14 bits per heavy atom. The Bertz CT molecular complexity index is 425. The third kappa shape index (κ3) is 4.11. The van der Waals surface area contributed by atoms with Crippen LogP contribution in [0.4, 0.5) is 9.59 Å². The minimum Gasteiger partial charge on any atom is -0.482 e. The Hall–Kier alpha value is -1.74. The summed E-state index contributed by atoms with van der Waals surface area (Å²) in [6, 6.07) is -1.20. The quantitative estimate of drug-likeness (QED) is 0.461. The van der Waals surface area contributed by atoms with Crippen LogP contribution < -0.4 is 10.6 Å². The van der Waals surface area contributed by atoms with Crippen molar-refractivity contribution in [1.29, 1.82) is 0 Å². The molecule has 0 aliphatic carbocycles. The molecule has 2 N–H and O–H groups in total. The lowest BCUT2D eigenvalue weighted by molar-refractivity contribution is 0.0735. The van der Waals surface area contributed by atoms with Gasteiger partial charge in [-0.25, -0.2) is 9.59 Å². The zero-order valence-electron chi connectivity index (χ0n) is 12.8. The van der Waals surface area contributed by atoms with Crippen LogP contribution >= 0.6 is 11.8 Å². The Kier molecular flexibility index (Phi) is 5.62. The summed E-state index contributed by atoms with van der Waals surface area (Å²) in [7, 11) is 1.58. The van der Waals surface area contributed by atoms with Gasteiger partial charge in [-0.2, -0.15) is 10.0 Å². The maximum atomic E-state index is 12.2. The molecular formula is C11H21ClN6O3. The molecule has 0 radical (unpaired) electrons. The van der Waals surface area contributed by atoms with Gasteiger partial charge in [-0.3, -0.25) is 5.32 Å². The lowest BCUT2D eigenvalue weighted by Gasteiger charge is -2.30. The molecule has 0 spiro atoms. The molecule has 0 aromatic heterocycles. The van der Waals surface area contributed by atoms with E-state index < -0.39 is 23.9 Å². The van der Waals surface area contributed by atoms with Crippen molar-refractivity contribution in [1.82, 2.24) is 25.2 Å². The third-order valence-corrected chi connectivity index (χ3v) is 2.67. The van der Waals surface area contributed by atoms with Gasteiger partial charge in [-0.05, 0) is 34.7 Å². The van der Waals surface area contributed by atoms with Crippen molar-refractivity contribution < 1.29 is 14.3 Å². The SMILES string of the molecule is CCOC=NN1C(=O)N(Cl)N(C(=O)NC(C)(C)C)C1NC. The molecule has 1 aliphatic heterocycles. The van der Waals surface area contributed by atoms with E-state index >= 15 is 0 Å². The van der Waals surface area contributed by atoms with Crippen LogP contribution in [0.2, 0.25) is 0 Å². The normalized spacial score (nSPS) is 19.6. The Morgan fingerprint density at radius 3 is 2.62 bits per heavy atom. The maximum absolute atomic E-state index is 12.2. The summed E-state index contributed by atoms with van der Waals surface area (Å²) < 4.78 is 5.63. The molecular weight excluding hydrogens is 300 g/mol. The van der Waals surface area contributed by atoms with Crippen LogP contribution in [0, 0.1) is 0 Å². The predicted octanol–water partition coefficient (Wildman–Crippen LogP) is 1.09. The van der Waals surface area contributed by atoms with Crippen molar-refractivity contribution in [3.8, 4) is 0 Å². The molecule has 21 heavy (non-hydrogen) atoms. The average Bonchev–Trinajstić information content (AvgIpc) is 2.61. The molecule has 120 valence electrons. The van der Waals surface area contributed by atoms with Crippen LogP contribution in [0.15, 0.2) is 5.10 Å². The zero-order chi connectivity index (χ0) is 16.2. The minimum atomic E-state index is -0.853. The lowest BCUT2D eigenvalue weighted by atomic mass is 10.1. The first-order valence-electron chi connectivity index (χ1n) is 6.44. The van der Waals surface area contributed by atoms with Crippen LogP contribution in [-0.4, -0.2) is 58.5 Å². The number of hydrazine groups is 1. The molecule has 1 heterocycles. The van der Waals surface area contributed by atoms with Gasteiger partial charge in [0.25, 0.3) is 0 Å². The molecule has 1 atom stereocenters. The monoisotopic (exact) mass is 320 g/mol. The summed E-state index contributed by atoms with van der Waals surface area (Å²) in [6.45, 7) is 7.65. The highest BCUT2D eigenvalue weighted by Crippen LogP contribution is 2.23. The third-order valence-electron chi connectivity index (χ3n) is 2.37. The Morgan fingerprint density at radius 1 is 1.52 bits per heavy atom. The van der Waals surface area contributed by atoms with Gasteiger partial charge in [0.2, 0.25) is 6.29 Å². The minimum absolute atomic E-state index is 0.411. The predicted molar refractivity (Wildman–Crippen MR) is 78.0 cm³/mol. The maximum Gasteiger partial charge on any atom is 0.378 e. The highest BCUT2D eigenvalue weighted by Gasteiger charge is 2.47. The smallest absolute Gasteiger partial charge is 0.378 e. The molecule has 1 aliphatic rings. The number of hydrazone groups is 1. The number of ether oxygens (including phenoxy) is 1. The first-order chi connectivity index (χ1) is 9.72. The van der Waals surface area contributed by atoms with E-state index in [1.165, 1.54) is 0 Å². The molecule has 4 amide bonds. The van der Waals surface area contributed by atoms with E-state index in [2.05, 4.69) is 15.7 Å². The Labute approximate surface area is 128 Å². The van der Waals surface area contributed by atoms with Crippen LogP contribution in [0.3, 0.4) is 0 Å². The summed E-state index contributed by atoms with van der Waals surface area (Å²) in [6.07, 6.45) is 0.270. The number of rotatable bonds is 4. The second-order valence-electron chi connectivity index (χ2n) is 5.25. The first kappa shape index (κ1) is 17.3. The second kappa shape index (κ2) is 6.81. The molecule has 1 fully saturated rings.